The van der Waals surface area contributed by atoms with Crippen LogP contribution in [0, 0.1) is 0 Å². The van der Waals surface area contributed by atoms with Gasteiger partial charge < -0.3 is 27.9 Å². The number of hydrogen-bond acceptors (Lipinski definition) is 8. The molecule has 0 aromatic rings. The van der Waals surface area contributed by atoms with Crippen molar-refractivity contribution in [2.75, 3.05) is 47.5 Å². The van der Waals surface area contributed by atoms with Crippen LogP contribution in [0.15, 0.2) is 60.8 Å². The molecular weight excluding hydrogens is 653 g/mol. The molecule has 0 N–H and O–H groups in total. The minimum Gasteiger partial charge on any atom is -0.756 e. The molecule has 0 aromatic heterocycles. The van der Waals surface area contributed by atoms with Crippen LogP contribution in [-0.4, -0.2) is 70.0 Å². The zero-order chi connectivity index (χ0) is 37.2. The van der Waals surface area contributed by atoms with Gasteiger partial charge in [-0.2, -0.15) is 0 Å². The van der Waals surface area contributed by atoms with Crippen LogP contribution in [0.1, 0.15) is 129 Å². The van der Waals surface area contributed by atoms with Gasteiger partial charge in [0, 0.05) is 12.8 Å². The maximum Gasteiger partial charge on any atom is 0.306 e. The molecule has 0 aliphatic carbocycles. The maximum absolute atomic E-state index is 12.6. The van der Waals surface area contributed by atoms with Crippen molar-refractivity contribution in [3.63, 3.8) is 0 Å². The number of unbranched alkanes of at least 4 members (excludes halogenated alkanes) is 9. The van der Waals surface area contributed by atoms with Crippen LogP contribution < -0.4 is 4.89 Å². The number of esters is 2. The van der Waals surface area contributed by atoms with Gasteiger partial charge in [0.1, 0.15) is 19.8 Å². The van der Waals surface area contributed by atoms with Crippen LogP contribution in [-0.2, 0) is 32.7 Å². The Kier molecular flexibility index (Phi) is 31.1. The van der Waals surface area contributed by atoms with Crippen molar-refractivity contribution >= 4 is 19.8 Å². The maximum atomic E-state index is 12.6. The molecule has 0 radical (unpaired) electrons. The van der Waals surface area contributed by atoms with Gasteiger partial charge in [0.05, 0.1) is 27.7 Å². The normalized spacial score (nSPS) is 14.4. The Morgan fingerprint density at radius 1 is 0.640 bits per heavy atom. The number of likely N-dealkylation sites (N-methyl/N-ethyl adjacent to an activating group) is 1. The van der Waals surface area contributed by atoms with Gasteiger partial charge in [-0.05, 0) is 51.4 Å². The van der Waals surface area contributed by atoms with Crippen LogP contribution in [0.3, 0.4) is 0 Å². The highest BCUT2D eigenvalue weighted by molar-refractivity contribution is 7.45. The summed E-state index contributed by atoms with van der Waals surface area (Å²) in [5.41, 5.74) is 0. The number of ether oxygens (including phenoxy) is 2. The minimum absolute atomic E-state index is 0.0434. The van der Waals surface area contributed by atoms with Gasteiger partial charge in [-0.3, -0.25) is 14.2 Å². The van der Waals surface area contributed by atoms with E-state index in [4.69, 9.17) is 18.5 Å². The van der Waals surface area contributed by atoms with Gasteiger partial charge in [0.25, 0.3) is 7.82 Å². The van der Waals surface area contributed by atoms with Gasteiger partial charge in [0.15, 0.2) is 6.10 Å². The fraction of sp³-hybridized carbons (Fsp3) is 0.700. The third-order valence-corrected chi connectivity index (χ3v) is 8.52. The average Bonchev–Trinajstić information content (AvgIpc) is 3.06. The molecule has 0 saturated carbocycles. The summed E-state index contributed by atoms with van der Waals surface area (Å²) in [7, 11) is 1.12. The molecule has 288 valence electrons. The summed E-state index contributed by atoms with van der Waals surface area (Å²) in [6.45, 7) is 3.99. The van der Waals surface area contributed by atoms with E-state index in [1.807, 2.05) is 27.2 Å². The largest absolute Gasteiger partial charge is 0.756 e. The van der Waals surface area contributed by atoms with Gasteiger partial charge in [0.2, 0.25) is 0 Å². The Hall–Kier alpha value is -2.29. The first kappa shape index (κ1) is 47.7. The van der Waals surface area contributed by atoms with Crippen molar-refractivity contribution < 1.29 is 42.1 Å². The Bertz CT molecular complexity index is 1040. The van der Waals surface area contributed by atoms with Gasteiger partial charge in [-0.25, -0.2) is 0 Å². The predicted molar refractivity (Wildman–Crippen MR) is 203 cm³/mol. The van der Waals surface area contributed by atoms with E-state index in [9.17, 15) is 19.0 Å². The van der Waals surface area contributed by atoms with Crippen molar-refractivity contribution in [3.05, 3.63) is 60.8 Å². The number of quaternary nitrogens is 1. The Morgan fingerprint density at radius 3 is 1.68 bits per heavy atom. The van der Waals surface area contributed by atoms with E-state index < -0.39 is 32.5 Å². The highest BCUT2D eigenvalue weighted by atomic mass is 31.2. The first-order chi connectivity index (χ1) is 24.0. The number of allylic oxidation sites excluding steroid dienone is 10. The third-order valence-electron chi connectivity index (χ3n) is 7.55. The molecule has 2 atom stereocenters. The lowest BCUT2D eigenvalue weighted by molar-refractivity contribution is -0.870. The average molecular weight is 724 g/mol. The van der Waals surface area contributed by atoms with Crippen molar-refractivity contribution in [1.29, 1.82) is 0 Å². The second kappa shape index (κ2) is 32.6. The molecule has 10 heteroatoms. The molecule has 0 amide bonds. The number of nitrogens with zero attached hydrogens (tertiary/aromatic N) is 1. The number of carbonyl (C=O) groups excluding carboxylic acids is 2. The SMILES string of the molecule is CC/C=C\C/C=C\C/C=C\C/C=C\C/C=C\CCCC(=O)OC(COC(=O)CCCCCCCCCCC)COP(=O)([O-])OCC[N+](C)(C)C. The number of carbonyl (C=O) groups is 2. The molecule has 0 aromatic carbocycles. The fourth-order valence-corrected chi connectivity index (χ4v) is 5.30. The molecule has 0 heterocycles. The van der Waals surface area contributed by atoms with Crippen LogP contribution in [0.25, 0.3) is 0 Å². The van der Waals surface area contributed by atoms with E-state index in [1.54, 1.807) is 0 Å². The summed E-state index contributed by atoms with van der Waals surface area (Å²) in [4.78, 5) is 37.2. The molecule has 9 nitrogen and oxygen atoms in total. The number of phosphoric acid groups is 1. The number of rotatable bonds is 33. The summed E-state index contributed by atoms with van der Waals surface area (Å²) >= 11 is 0. The second-order valence-electron chi connectivity index (χ2n) is 13.6. The lowest BCUT2D eigenvalue weighted by Gasteiger charge is -2.28. The van der Waals surface area contributed by atoms with Crippen LogP contribution in [0.5, 0.6) is 0 Å². The van der Waals surface area contributed by atoms with E-state index in [2.05, 4.69) is 68.5 Å². The van der Waals surface area contributed by atoms with Crippen LogP contribution in [0.2, 0.25) is 0 Å². The second-order valence-corrected chi connectivity index (χ2v) is 15.0. The van der Waals surface area contributed by atoms with Crippen molar-refractivity contribution in [2.45, 2.75) is 136 Å². The van der Waals surface area contributed by atoms with Gasteiger partial charge in [-0.15, -0.1) is 0 Å². The van der Waals surface area contributed by atoms with E-state index in [0.29, 0.717) is 23.9 Å². The summed E-state index contributed by atoms with van der Waals surface area (Å²) in [6.07, 6.45) is 36.9. The zero-order valence-electron chi connectivity index (χ0n) is 32.1. The molecule has 50 heavy (non-hydrogen) atoms. The Balaban J connectivity index is 4.55. The molecule has 0 fully saturated rings. The highest BCUT2D eigenvalue weighted by Gasteiger charge is 2.21. The Morgan fingerprint density at radius 2 is 1.14 bits per heavy atom. The molecule has 0 aliphatic rings. The van der Waals surface area contributed by atoms with Gasteiger partial charge >= 0.3 is 11.9 Å². The monoisotopic (exact) mass is 723 g/mol. The topological polar surface area (TPSA) is 111 Å². The quantitative estimate of drug-likeness (QED) is 0.0217. The highest BCUT2D eigenvalue weighted by Crippen LogP contribution is 2.38. The lowest BCUT2D eigenvalue weighted by Crippen LogP contribution is -2.37. The summed E-state index contributed by atoms with van der Waals surface area (Å²) < 4.78 is 33.6. The molecule has 0 saturated heterocycles. The summed E-state index contributed by atoms with van der Waals surface area (Å²) in [5.74, 6) is -0.912. The molecule has 0 spiro atoms. The number of hydrogen-bond donors (Lipinski definition) is 0. The van der Waals surface area contributed by atoms with Gasteiger partial charge in [-0.1, -0.05) is 126 Å². The molecule has 0 aliphatic heterocycles. The Labute approximate surface area is 305 Å². The van der Waals surface area contributed by atoms with E-state index >= 15 is 0 Å². The standard InChI is InChI=1S/C40H70NO8P/c1-6-8-10-12-14-16-17-18-19-20-21-22-23-25-27-29-31-33-40(43)49-38(37-48-50(44,45)47-35-34-41(3,4)5)36-46-39(42)32-30-28-26-24-15-13-11-9-7-2/h8,10,14,16,18-19,21-22,25,27,38H,6-7,9,11-13,15,17,20,23-24,26,28-37H2,1-5H3/b10-8-,16-14-,19-18-,22-21-,27-25-. The molecule has 2 unspecified atom stereocenters. The van der Waals surface area contributed by atoms with Crippen molar-refractivity contribution in [2.24, 2.45) is 0 Å². The molecule has 0 rings (SSSR count). The molecule has 0 bridgehead atoms. The zero-order valence-corrected chi connectivity index (χ0v) is 33.0. The van der Waals surface area contributed by atoms with Crippen molar-refractivity contribution in [1.82, 2.24) is 0 Å². The third kappa shape index (κ3) is 35.5. The smallest absolute Gasteiger partial charge is 0.306 e. The lowest BCUT2D eigenvalue weighted by atomic mass is 10.1. The van der Waals surface area contributed by atoms with Crippen molar-refractivity contribution in [3.8, 4) is 0 Å². The predicted octanol–water partition coefficient (Wildman–Crippen LogP) is 9.49. The summed E-state index contributed by atoms with van der Waals surface area (Å²) in [6, 6.07) is 0. The van der Waals surface area contributed by atoms with E-state index in [-0.39, 0.29) is 26.1 Å². The fourth-order valence-electron chi connectivity index (χ4n) is 4.57. The van der Waals surface area contributed by atoms with Crippen LogP contribution in [0.4, 0.5) is 0 Å². The van der Waals surface area contributed by atoms with Crippen LogP contribution >= 0.6 is 7.82 Å². The first-order valence-electron chi connectivity index (χ1n) is 19.0. The van der Waals surface area contributed by atoms with E-state index in [1.165, 1.54) is 38.5 Å². The first-order valence-corrected chi connectivity index (χ1v) is 20.5. The minimum atomic E-state index is -4.63. The molecular formula is C40H70NO8P. The number of phosphoric ester groups is 1. The summed E-state index contributed by atoms with van der Waals surface area (Å²) in [5, 5.41) is 0. The van der Waals surface area contributed by atoms with E-state index in [0.717, 1.165) is 51.4 Å².